The van der Waals surface area contributed by atoms with Crippen molar-refractivity contribution in [3.8, 4) is 5.75 Å². The van der Waals surface area contributed by atoms with E-state index in [1.165, 1.54) is 13.8 Å². The van der Waals surface area contributed by atoms with Crippen LogP contribution in [0.2, 0.25) is 0 Å². The first-order valence-electron chi connectivity index (χ1n) is 12.6. The van der Waals surface area contributed by atoms with Gasteiger partial charge in [0.1, 0.15) is 18.1 Å². The lowest BCUT2D eigenvalue weighted by Gasteiger charge is -2.19. The smallest absolute Gasteiger partial charge is 0.230 e. The molecule has 0 saturated heterocycles. The SMILES string of the molecule is CC(=O)N(C(C)=O)c1ccc(C2=C(c3ccc(OCc4ccc5ccccc5n4)cc3)C(=O)C(C)(C)O2)cc1. The summed E-state index contributed by atoms with van der Waals surface area (Å²) >= 11 is 0. The molecule has 0 N–H and O–H groups in total. The summed E-state index contributed by atoms with van der Waals surface area (Å²) < 4.78 is 12.1. The molecule has 196 valence electrons. The maximum absolute atomic E-state index is 13.3. The van der Waals surface area contributed by atoms with E-state index in [9.17, 15) is 14.4 Å². The third kappa shape index (κ3) is 5.16. The van der Waals surface area contributed by atoms with Crippen LogP contribution in [-0.2, 0) is 25.7 Å². The zero-order chi connectivity index (χ0) is 27.7. The van der Waals surface area contributed by atoms with Crippen molar-refractivity contribution in [1.29, 1.82) is 0 Å². The first-order valence-corrected chi connectivity index (χ1v) is 12.6. The number of ketones is 1. The maximum atomic E-state index is 13.3. The molecule has 1 aromatic heterocycles. The van der Waals surface area contributed by atoms with Crippen molar-refractivity contribution in [2.45, 2.75) is 39.9 Å². The summed E-state index contributed by atoms with van der Waals surface area (Å²) in [6.45, 7) is 6.46. The van der Waals surface area contributed by atoms with Crippen LogP contribution in [0, 0.1) is 0 Å². The van der Waals surface area contributed by atoms with E-state index in [1.54, 1.807) is 38.1 Å². The minimum absolute atomic E-state index is 0.135. The number of pyridine rings is 1. The van der Waals surface area contributed by atoms with E-state index in [0.717, 1.165) is 21.5 Å². The monoisotopic (exact) mass is 520 g/mol. The highest BCUT2D eigenvalue weighted by Crippen LogP contribution is 2.42. The number of aromatic nitrogens is 1. The molecule has 0 unspecified atom stereocenters. The summed E-state index contributed by atoms with van der Waals surface area (Å²) in [5, 5.41) is 1.07. The van der Waals surface area contributed by atoms with Gasteiger partial charge in [0.05, 0.1) is 22.5 Å². The highest BCUT2D eigenvalue weighted by Gasteiger charge is 2.42. The summed E-state index contributed by atoms with van der Waals surface area (Å²) in [7, 11) is 0. The molecule has 1 aliphatic heterocycles. The summed E-state index contributed by atoms with van der Waals surface area (Å²) in [4.78, 5) is 42.9. The van der Waals surface area contributed by atoms with Crippen molar-refractivity contribution >= 4 is 45.5 Å². The number of rotatable bonds is 6. The molecule has 0 atom stereocenters. The Morgan fingerprint density at radius 2 is 1.49 bits per heavy atom. The number of hydrogen-bond acceptors (Lipinski definition) is 6. The Morgan fingerprint density at radius 3 is 2.15 bits per heavy atom. The van der Waals surface area contributed by atoms with Crippen LogP contribution in [0.1, 0.15) is 44.5 Å². The number of imide groups is 1. The molecule has 1 aliphatic rings. The number of carbonyl (C=O) groups excluding carboxylic acids is 3. The van der Waals surface area contributed by atoms with Crippen LogP contribution in [-0.4, -0.2) is 28.2 Å². The number of benzene rings is 3. The van der Waals surface area contributed by atoms with E-state index in [1.807, 2.05) is 60.7 Å². The van der Waals surface area contributed by atoms with Crippen LogP contribution in [0.4, 0.5) is 5.69 Å². The standard InChI is InChI=1S/C32H28N2O5/c1-20(35)34(21(2)36)26-15-10-24(11-16-26)30-29(31(37)32(3,4)39-30)23-12-17-27(18-13-23)38-19-25-14-9-22-7-5-6-8-28(22)33-25/h5-18H,19H2,1-4H3. The number of anilines is 1. The predicted molar refractivity (Wildman–Crippen MR) is 150 cm³/mol. The van der Waals surface area contributed by atoms with Crippen LogP contribution in [0.5, 0.6) is 5.75 Å². The van der Waals surface area contributed by atoms with Gasteiger partial charge in [-0.15, -0.1) is 0 Å². The summed E-state index contributed by atoms with van der Waals surface area (Å²) in [6, 6.07) is 26.0. The van der Waals surface area contributed by atoms with Crippen molar-refractivity contribution in [2.24, 2.45) is 0 Å². The predicted octanol–water partition coefficient (Wildman–Crippen LogP) is 5.96. The van der Waals surface area contributed by atoms with E-state index in [2.05, 4.69) is 4.98 Å². The van der Waals surface area contributed by atoms with E-state index < -0.39 is 5.60 Å². The fourth-order valence-electron chi connectivity index (χ4n) is 4.63. The first-order chi connectivity index (χ1) is 18.6. The van der Waals surface area contributed by atoms with Crippen molar-refractivity contribution in [3.05, 3.63) is 102 Å². The van der Waals surface area contributed by atoms with Gasteiger partial charge in [-0.25, -0.2) is 4.98 Å². The molecular formula is C32H28N2O5. The number of nitrogens with zero attached hydrogens (tertiary/aromatic N) is 2. The number of carbonyl (C=O) groups is 3. The lowest BCUT2D eigenvalue weighted by Crippen LogP contribution is -2.32. The second-order valence-corrected chi connectivity index (χ2v) is 9.87. The van der Waals surface area contributed by atoms with E-state index in [-0.39, 0.29) is 17.6 Å². The third-order valence-electron chi connectivity index (χ3n) is 6.56. The quantitative estimate of drug-likeness (QED) is 0.312. The van der Waals surface area contributed by atoms with E-state index >= 15 is 0 Å². The van der Waals surface area contributed by atoms with Gasteiger partial charge in [-0.3, -0.25) is 19.3 Å². The van der Waals surface area contributed by atoms with Crippen molar-refractivity contribution < 1.29 is 23.9 Å². The van der Waals surface area contributed by atoms with Gasteiger partial charge in [-0.05, 0) is 67.9 Å². The number of para-hydroxylation sites is 1. The number of ether oxygens (including phenoxy) is 2. The second kappa shape index (κ2) is 10.2. The fourth-order valence-corrected chi connectivity index (χ4v) is 4.63. The van der Waals surface area contributed by atoms with Gasteiger partial charge in [0, 0.05) is 24.8 Å². The lowest BCUT2D eigenvalue weighted by molar-refractivity contribution is -0.125. The van der Waals surface area contributed by atoms with Crippen molar-refractivity contribution in [2.75, 3.05) is 4.90 Å². The van der Waals surface area contributed by atoms with Crippen LogP contribution in [0.3, 0.4) is 0 Å². The van der Waals surface area contributed by atoms with Gasteiger partial charge in [0.2, 0.25) is 17.6 Å². The van der Waals surface area contributed by atoms with Gasteiger partial charge in [0.25, 0.3) is 0 Å². The molecule has 7 nitrogen and oxygen atoms in total. The second-order valence-electron chi connectivity index (χ2n) is 9.87. The van der Waals surface area contributed by atoms with Crippen LogP contribution in [0.25, 0.3) is 22.2 Å². The highest BCUT2D eigenvalue weighted by atomic mass is 16.5. The average molecular weight is 521 g/mol. The molecule has 4 aromatic rings. The molecule has 3 aromatic carbocycles. The summed E-state index contributed by atoms with van der Waals surface area (Å²) in [5.74, 6) is 0.219. The Hall–Kier alpha value is -4.78. The topological polar surface area (TPSA) is 85.8 Å². The number of hydrogen-bond donors (Lipinski definition) is 0. The molecule has 0 saturated carbocycles. The minimum atomic E-state index is -1.04. The normalized spacial score (nSPS) is 14.3. The lowest BCUT2D eigenvalue weighted by atomic mass is 9.92. The van der Waals surface area contributed by atoms with Crippen molar-refractivity contribution in [1.82, 2.24) is 4.98 Å². The highest BCUT2D eigenvalue weighted by molar-refractivity contribution is 6.32. The molecule has 7 heteroatoms. The van der Waals surface area contributed by atoms with Crippen molar-refractivity contribution in [3.63, 3.8) is 0 Å². The van der Waals surface area contributed by atoms with Gasteiger partial charge in [-0.2, -0.15) is 0 Å². The minimum Gasteiger partial charge on any atom is -0.487 e. The molecule has 2 heterocycles. The zero-order valence-corrected chi connectivity index (χ0v) is 22.2. The fraction of sp³-hybridized carbons (Fsp3) is 0.188. The molecule has 39 heavy (non-hydrogen) atoms. The van der Waals surface area contributed by atoms with Crippen LogP contribution < -0.4 is 9.64 Å². The number of amides is 2. The molecule has 5 rings (SSSR count). The maximum Gasteiger partial charge on any atom is 0.230 e. The Morgan fingerprint density at radius 1 is 0.846 bits per heavy atom. The summed E-state index contributed by atoms with van der Waals surface area (Å²) in [5.41, 5.74) is 2.99. The Kier molecular flexibility index (Phi) is 6.74. The molecule has 0 fully saturated rings. The molecular weight excluding hydrogens is 492 g/mol. The van der Waals surface area contributed by atoms with Crippen LogP contribution >= 0.6 is 0 Å². The van der Waals surface area contributed by atoms with Gasteiger partial charge in [0.15, 0.2) is 5.60 Å². The number of fused-ring (bicyclic) bond motifs is 1. The molecule has 0 aliphatic carbocycles. The Balaban J connectivity index is 1.40. The Bertz CT molecular complexity index is 1600. The van der Waals surface area contributed by atoms with E-state index in [4.69, 9.17) is 9.47 Å². The molecule has 0 radical (unpaired) electrons. The largest absolute Gasteiger partial charge is 0.487 e. The first kappa shape index (κ1) is 25.9. The summed E-state index contributed by atoms with van der Waals surface area (Å²) in [6.07, 6.45) is 0. The zero-order valence-electron chi connectivity index (χ0n) is 22.2. The number of Topliss-reactive ketones (excluding diaryl/α,β-unsaturated/α-hetero) is 1. The van der Waals surface area contributed by atoms with Crippen LogP contribution in [0.15, 0.2) is 84.9 Å². The molecule has 0 spiro atoms. The molecule has 2 amide bonds. The van der Waals surface area contributed by atoms with Gasteiger partial charge >= 0.3 is 0 Å². The molecule has 0 bridgehead atoms. The van der Waals surface area contributed by atoms with Gasteiger partial charge < -0.3 is 9.47 Å². The van der Waals surface area contributed by atoms with Gasteiger partial charge in [-0.1, -0.05) is 36.4 Å². The van der Waals surface area contributed by atoms with E-state index in [0.29, 0.717) is 40.5 Å². The average Bonchev–Trinajstić information content (AvgIpc) is 3.16. The third-order valence-corrected chi connectivity index (χ3v) is 6.56. The Labute approximate surface area is 226 Å².